The van der Waals surface area contributed by atoms with Crippen molar-refractivity contribution in [1.29, 1.82) is 0 Å². The molecule has 1 saturated carbocycles. The van der Waals surface area contributed by atoms with Crippen LogP contribution in [0.3, 0.4) is 0 Å². The number of aliphatic hydroxyl groups excluding tert-OH is 1. The molecule has 4 heteroatoms. The molecule has 0 amide bonds. The van der Waals surface area contributed by atoms with Crippen molar-refractivity contribution in [2.45, 2.75) is 32.8 Å². The molecular weight excluding hydrogens is 208 g/mol. The Balaban J connectivity index is 2.11. The van der Waals surface area contributed by atoms with E-state index in [-0.39, 0.29) is 6.10 Å². The van der Waals surface area contributed by atoms with Gasteiger partial charge in [-0.1, -0.05) is 6.92 Å². The molecule has 0 saturated heterocycles. The lowest BCUT2D eigenvalue weighted by Crippen LogP contribution is -2.01. The Hall–Kier alpha value is -0.450. The average Bonchev–Trinajstić information content (AvgIpc) is 2.81. The highest BCUT2D eigenvalue weighted by Crippen LogP contribution is 2.47. The molecule has 0 bridgehead atoms. The van der Waals surface area contributed by atoms with Crippen LogP contribution in [0.1, 0.15) is 35.0 Å². The molecule has 1 aromatic heterocycles. The second-order valence-electron chi connectivity index (χ2n) is 4.42. The third-order valence-corrected chi connectivity index (χ3v) is 4.40. The highest BCUT2D eigenvalue weighted by atomic mass is 32.1. The highest BCUT2D eigenvalue weighted by molar-refractivity contribution is 7.11. The van der Waals surface area contributed by atoms with Gasteiger partial charge in [-0.2, -0.15) is 0 Å². The van der Waals surface area contributed by atoms with E-state index < -0.39 is 0 Å². The SMILES string of the molecule is Cc1nc(C(O)C2CC2C)sc1CCN. The fraction of sp³-hybridized carbons (Fsp3) is 0.727. The van der Waals surface area contributed by atoms with E-state index in [4.69, 9.17) is 5.73 Å². The van der Waals surface area contributed by atoms with Crippen molar-refractivity contribution in [2.24, 2.45) is 17.6 Å². The van der Waals surface area contributed by atoms with Gasteiger partial charge in [0.2, 0.25) is 0 Å². The van der Waals surface area contributed by atoms with Crippen LogP contribution in [0.4, 0.5) is 0 Å². The summed E-state index contributed by atoms with van der Waals surface area (Å²) < 4.78 is 0. The zero-order valence-corrected chi connectivity index (χ0v) is 10.0. The van der Waals surface area contributed by atoms with E-state index in [0.717, 1.165) is 23.5 Å². The molecule has 3 unspecified atom stereocenters. The zero-order chi connectivity index (χ0) is 11.0. The van der Waals surface area contributed by atoms with Crippen molar-refractivity contribution in [3.8, 4) is 0 Å². The quantitative estimate of drug-likeness (QED) is 0.820. The van der Waals surface area contributed by atoms with Gasteiger partial charge in [0.1, 0.15) is 11.1 Å². The molecule has 2 rings (SSSR count). The summed E-state index contributed by atoms with van der Waals surface area (Å²) in [4.78, 5) is 5.66. The molecule has 1 aliphatic carbocycles. The number of aromatic nitrogens is 1. The van der Waals surface area contributed by atoms with Gasteiger partial charge in [0.25, 0.3) is 0 Å². The zero-order valence-electron chi connectivity index (χ0n) is 9.23. The van der Waals surface area contributed by atoms with Crippen LogP contribution in [0.25, 0.3) is 0 Å². The molecule has 1 fully saturated rings. The summed E-state index contributed by atoms with van der Waals surface area (Å²) in [6.07, 6.45) is 1.65. The van der Waals surface area contributed by atoms with Crippen molar-refractivity contribution in [3.05, 3.63) is 15.6 Å². The molecule has 84 valence electrons. The summed E-state index contributed by atoms with van der Waals surface area (Å²) in [6, 6.07) is 0. The molecule has 3 atom stereocenters. The van der Waals surface area contributed by atoms with E-state index in [1.165, 1.54) is 4.88 Å². The van der Waals surface area contributed by atoms with Crippen LogP contribution < -0.4 is 5.73 Å². The Morgan fingerprint density at radius 2 is 2.33 bits per heavy atom. The Morgan fingerprint density at radius 3 is 2.87 bits per heavy atom. The third-order valence-electron chi connectivity index (χ3n) is 3.11. The van der Waals surface area contributed by atoms with E-state index in [9.17, 15) is 5.11 Å². The Kier molecular flexibility index (Phi) is 3.09. The second-order valence-corrected chi connectivity index (χ2v) is 5.54. The standard InChI is InChI=1S/C11H18N2OS/c1-6-5-8(6)10(14)11-13-7(2)9(15-11)3-4-12/h6,8,10,14H,3-5,12H2,1-2H3. The van der Waals surface area contributed by atoms with Crippen molar-refractivity contribution in [2.75, 3.05) is 6.54 Å². The van der Waals surface area contributed by atoms with Crippen LogP contribution in [-0.4, -0.2) is 16.6 Å². The third kappa shape index (κ3) is 2.22. The van der Waals surface area contributed by atoms with E-state index in [0.29, 0.717) is 18.4 Å². The second kappa shape index (κ2) is 4.20. The van der Waals surface area contributed by atoms with Gasteiger partial charge < -0.3 is 10.8 Å². The number of thiazole rings is 1. The molecule has 0 spiro atoms. The van der Waals surface area contributed by atoms with Crippen LogP contribution in [0.15, 0.2) is 0 Å². The predicted molar refractivity (Wildman–Crippen MR) is 61.8 cm³/mol. The molecular formula is C11H18N2OS. The molecule has 15 heavy (non-hydrogen) atoms. The first-order chi connectivity index (χ1) is 7.13. The highest BCUT2D eigenvalue weighted by Gasteiger charge is 2.40. The Labute approximate surface area is 94.3 Å². The molecule has 0 aliphatic heterocycles. The molecule has 0 radical (unpaired) electrons. The van der Waals surface area contributed by atoms with Gasteiger partial charge in [-0.05, 0) is 38.1 Å². The van der Waals surface area contributed by atoms with E-state index in [1.807, 2.05) is 6.92 Å². The lowest BCUT2D eigenvalue weighted by Gasteiger charge is -2.04. The van der Waals surface area contributed by atoms with Crippen LogP contribution in [0.2, 0.25) is 0 Å². The largest absolute Gasteiger partial charge is 0.386 e. The summed E-state index contributed by atoms with van der Waals surface area (Å²) in [7, 11) is 0. The number of nitrogens with two attached hydrogens (primary N) is 1. The minimum Gasteiger partial charge on any atom is -0.386 e. The Morgan fingerprint density at radius 1 is 1.67 bits per heavy atom. The topological polar surface area (TPSA) is 59.1 Å². The normalized spacial score (nSPS) is 26.7. The molecule has 3 nitrogen and oxygen atoms in total. The summed E-state index contributed by atoms with van der Waals surface area (Å²) in [5.41, 5.74) is 6.56. The van der Waals surface area contributed by atoms with Gasteiger partial charge in [-0.3, -0.25) is 0 Å². The maximum absolute atomic E-state index is 10.1. The van der Waals surface area contributed by atoms with Gasteiger partial charge in [-0.15, -0.1) is 11.3 Å². The molecule has 3 N–H and O–H groups in total. The fourth-order valence-corrected chi connectivity index (χ4v) is 3.06. The summed E-state index contributed by atoms with van der Waals surface area (Å²) in [5.74, 6) is 1.09. The number of hydrogen-bond donors (Lipinski definition) is 2. The maximum Gasteiger partial charge on any atom is 0.122 e. The Bertz CT molecular complexity index is 350. The molecule has 0 aromatic carbocycles. The smallest absolute Gasteiger partial charge is 0.122 e. The van der Waals surface area contributed by atoms with Crippen molar-refractivity contribution < 1.29 is 5.11 Å². The number of aryl methyl sites for hydroxylation is 1. The van der Waals surface area contributed by atoms with Gasteiger partial charge in [-0.25, -0.2) is 4.98 Å². The van der Waals surface area contributed by atoms with E-state index in [1.54, 1.807) is 11.3 Å². The lowest BCUT2D eigenvalue weighted by molar-refractivity contribution is 0.147. The molecule has 1 aromatic rings. The van der Waals surface area contributed by atoms with E-state index in [2.05, 4.69) is 11.9 Å². The average molecular weight is 226 g/mol. The molecule has 1 aliphatic rings. The van der Waals surface area contributed by atoms with Gasteiger partial charge >= 0.3 is 0 Å². The lowest BCUT2D eigenvalue weighted by atomic mass is 10.2. The minimum absolute atomic E-state index is 0.352. The predicted octanol–water partition coefficient (Wildman–Crippen LogP) is 1.64. The number of hydrogen-bond acceptors (Lipinski definition) is 4. The van der Waals surface area contributed by atoms with Gasteiger partial charge in [0.05, 0.1) is 5.69 Å². The maximum atomic E-state index is 10.1. The summed E-state index contributed by atoms with van der Waals surface area (Å²) in [6.45, 7) is 4.82. The van der Waals surface area contributed by atoms with E-state index >= 15 is 0 Å². The van der Waals surface area contributed by atoms with Gasteiger partial charge in [0, 0.05) is 4.88 Å². The van der Waals surface area contributed by atoms with Crippen LogP contribution in [0.5, 0.6) is 0 Å². The monoisotopic (exact) mass is 226 g/mol. The first kappa shape index (κ1) is 11.0. The van der Waals surface area contributed by atoms with Crippen molar-refractivity contribution in [3.63, 3.8) is 0 Å². The van der Waals surface area contributed by atoms with Gasteiger partial charge in [0.15, 0.2) is 0 Å². The number of aliphatic hydroxyl groups is 1. The van der Waals surface area contributed by atoms with Crippen LogP contribution in [-0.2, 0) is 6.42 Å². The fourth-order valence-electron chi connectivity index (χ4n) is 1.91. The van der Waals surface area contributed by atoms with Crippen molar-refractivity contribution in [1.82, 2.24) is 4.98 Å². The van der Waals surface area contributed by atoms with Crippen molar-refractivity contribution >= 4 is 11.3 Å². The number of nitrogens with zero attached hydrogens (tertiary/aromatic N) is 1. The first-order valence-electron chi connectivity index (χ1n) is 5.47. The summed E-state index contributed by atoms with van der Waals surface area (Å²) in [5, 5.41) is 10.9. The summed E-state index contributed by atoms with van der Waals surface area (Å²) >= 11 is 1.62. The molecule has 1 heterocycles. The minimum atomic E-state index is -0.352. The number of rotatable bonds is 4. The first-order valence-corrected chi connectivity index (χ1v) is 6.29. The van der Waals surface area contributed by atoms with Crippen LogP contribution in [0, 0.1) is 18.8 Å². The van der Waals surface area contributed by atoms with Crippen LogP contribution >= 0.6 is 11.3 Å².